The summed E-state index contributed by atoms with van der Waals surface area (Å²) in [6.45, 7) is 3.55. The maximum atomic E-state index is 12.6. The number of phosphoric acid groups is 3. The van der Waals surface area contributed by atoms with E-state index in [0.29, 0.717) is 12.0 Å². The summed E-state index contributed by atoms with van der Waals surface area (Å²) in [6, 6.07) is 0. The number of aliphatic hydroxyl groups is 2. The first-order valence-corrected chi connectivity index (χ1v) is 15.5. The van der Waals surface area contributed by atoms with Crippen LogP contribution in [0.3, 0.4) is 0 Å². The van der Waals surface area contributed by atoms with Crippen LogP contribution in [-0.2, 0) is 31.6 Å². The van der Waals surface area contributed by atoms with Crippen LogP contribution in [0.5, 0.6) is 0 Å². The number of aliphatic hydroxyl groups excluding tert-OH is 2. The summed E-state index contributed by atoms with van der Waals surface area (Å²) in [5.74, 6) is 0.0422. The number of hydrogen-bond donors (Lipinski definition) is 7. The summed E-state index contributed by atoms with van der Waals surface area (Å²) in [7, 11) is -17.0. The number of nitrogen functional groups attached to an aromatic ring is 1. The molecule has 214 valence electrons. The Morgan fingerprint density at radius 3 is 2.45 bits per heavy atom. The molecule has 18 nitrogen and oxygen atoms in total. The van der Waals surface area contributed by atoms with Crippen LogP contribution in [0.15, 0.2) is 24.3 Å². The van der Waals surface area contributed by atoms with Crippen molar-refractivity contribution >= 4 is 40.4 Å². The van der Waals surface area contributed by atoms with Gasteiger partial charge in [0, 0.05) is 0 Å². The predicted molar refractivity (Wildman–Crippen MR) is 128 cm³/mol. The molecule has 8 N–H and O–H groups in total. The fourth-order valence-electron chi connectivity index (χ4n) is 3.75. The Hall–Kier alpha value is -1.62. The smallest absolute Gasteiger partial charge is 0.387 e. The summed E-state index contributed by atoms with van der Waals surface area (Å²) in [5.41, 5.74) is 6.71. The van der Waals surface area contributed by atoms with E-state index < -0.39 is 54.1 Å². The van der Waals surface area contributed by atoms with E-state index in [1.54, 1.807) is 13.0 Å². The second-order valence-corrected chi connectivity index (χ2v) is 12.7. The van der Waals surface area contributed by atoms with E-state index in [2.05, 4.69) is 23.6 Å². The molecule has 0 spiro atoms. The molecule has 1 aliphatic rings. The number of allylic oxidation sites excluding steroid dienone is 1. The van der Waals surface area contributed by atoms with Gasteiger partial charge >= 0.3 is 23.5 Å². The number of ether oxygens (including phenoxy) is 1. The largest absolute Gasteiger partial charge is 0.490 e. The molecule has 0 radical (unpaired) electrons. The van der Waals surface area contributed by atoms with Crippen LogP contribution in [0.1, 0.15) is 39.3 Å². The van der Waals surface area contributed by atoms with Crippen LogP contribution in [-0.4, -0.2) is 73.7 Å². The van der Waals surface area contributed by atoms with Gasteiger partial charge in [-0.2, -0.15) is 8.62 Å². The number of fused-ring (bicyclic) bond motifs is 1. The fourth-order valence-corrected chi connectivity index (χ4v) is 6.95. The molecule has 1 aliphatic heterocycles. The van der Waals surface area contributed by atoms with Gasteiger partial charge in [-0.1, -0.05) is 25.0 Å². The monoisotopic (exact) mass is 603 g/mol. The SMILES string of the molecule is CCCC=C(C)CC(OP(=O)(O)OP(=O)(O)OP(=O)(O)O)[C@H]1O[C@@H](n2cnc3c(N)ncnc32)[C@H](O)[C@@H]1O. The minimum absolute atomic E-state index is 0.0422. The molecule has 0 aromatic carbocycles. The highest BCUT2D eigenvalue weighted by molar-refractivity contribution is 7.66. The van der Waals surface area contributed by atoms with E-state index in [1.807, 2.05) is 6.92 Å². The minimum Gasteiger partial charge on any atom is -0.387 e. The molecule has 3 heterocycles. The van der Waals surface area contributed by atoms with Crippen molar-refractivity contribution in [1.29, 1.82) is 0 Å². The van der Waals surface area contributed by atoms with Crippen molar-refractivity contribution in [3.63, 3.8) is 0 Å². The number of imidazole rings is 1. The third-order valence-corrected chi connectivity index (χ3v) is 9.16. The average molecular weight is 603 g/mol. The van der Waals surface area contributed by atoms with Gasteiger partial charge in [0.2, 0.25) is 0 Å². The lowest BCUT2D eigenvalue weighted by Crippen LogP contribution is -2.40. The minimum atomic E-state index is -5.79. The highest BCUT2D eigenvalue weighted by Crippen LogP contribution is 2.67. The summed E-state index contributed by atoms with van der Waals surface area (Å²) in [6.07, 6.45) is -2.48. The van der Waals surface area contributed by atoms with Crippen molar-refractivity contribution in [3.05, 3.63) is 24.3 Å². The van der Waals surface area contributed by atoms with Crippen molar-refractivity contribution in [2.45, 2.75) is 63.8 Å². The maximum Gasteiger partial charge on any atom is 0.490 e. The van der Waals surface area contributed by atoms with Crippen LogP contribution in [0.2, 0.25) is 0 Å². The van der Waals surface area contributed by atoms with Crippen LogP contribution in [0, 0.1) is 0 Å². The van der Waals surface area contributed by atoms with Gasteiger partial charge in [0.25, 0.3) is 0 Å². The highest BCUT2D eigenvalue weighted by Gasteiger charge is 2.51. The topological polar surface area (TPSA) is 279 Å². The van der Waals surface area contributed by atoms with Crippen molar-refractivity contribution < 1.29 is 61.4 Å². The number of unbranched alkanes of at least 4 members (excludes halogenated alkanes) is 1. The van der Waals surface area contributed by atoms with Crippen LogP contribution < -0.4 is 5.73 Å². The highest BCUT2D eigenvalue weighted by atomic mass is 31.3. The zero-order chi connectivity index (χ0) is 28.5. The Kier molecular flexibility index (Phi) is 9.65. The molecular formula is C17H28N5O13P3. The maximum absolute atomic E-state index is 12.6. The van der Waals surface area contributed by atoms with E-state index >= 15 is 0 Å². The summed E-state index contributed by atoms with van der Waals surface area (Å²) in [5, 5.41) is 21.5. The predicted octanol–water partition coefficient (Wildman–Crippen LogP) is 0.876. The van der Waals surface area contributed by atoms with Gasteiger partial charge in [0.1, 0.15) is 36.3 Å². The lowest BCUT2D eigenvalue weighted by Gasteiger charge is -2.28. The number of phosphoric ester groups is 1. The van der Waals surface area contributed by atoms with E-state index in [4.69, 9.17) is 24.8 Å². The second-order valence-electron chi connectivity index (χ2n) is 8.33. The molecule has 38 heavy (non-hydrogen) atoms. The summed E-state index contributed by atoms with van der Waals surface area (Å²) in [4.78, 5) is 49.0. The molecule has 7 atom stereocenters. The van der Waals surface area contributed by atoms with Crippen LogP contribution >= 0.6 is 23.5 Å². The number of hydrogen-bond acceptors (Lipinski definition) is 13. The zero-order valence-electron chi connectivity index (χ0n) is 20.0. The van der Waals surface area contributed by atoms with Crippen molar-refractivity contribution in [2.75, 3.05) is 5.73 Å². The number of nitrogens with zero attached hydrogens (tertiary/aromatic N) is 4. The van der Waals surface area contributed by atoms with Gasteiger partial charge in [-0.25, -0.2) is 28.6 Å². The molecule has 0 bridgehead atoms. The first-order valence-electron chi connectivity index (χ1n) is 11.0. The molecule has 1 saturated heterocycles. The summed E-state index contributed by atoms with van der Waals surface area (Å²) >= 11 is 0. The second kappa shape index (κ2) is 11.9. The molecule has 1 fully saturated rings. The number of anilines is 1. The Morgan fingerprint density at radius 2 is 1.82 bits per heavy atom. The number of nitrogens with two attached hydrogens (primary N) is 1. The van der Waals surface area contributed by atoms with Crippen molar-refractivity contribution in [1.82, 2.24) is 19.5 Å². The molecule has 2 aromatic rings. The van der Waals surface area contributed by atoms with Gasteiger partial charge in [-0.15, -0.1) is 0 Å². The molecule has 0 saturated carbocycles. The van der Waals surface area contributed by atoms with E-state index in [0.717, 1.165) is 12.7 Å². The van der Waals surface area contributed by atoms with Gasteiger partial charge in [-0.3, -0.25) is 9.09 Å². The van der Waals surface area contributed by atoms with Crippen LogP contribution in [0.25, 0.3) is 11.2 Å². The third-order valence-electron chi connectivity index (χ3n) is 5.29. The number of rotatable bonds is 12. The molecule has 21 heteroatoms. The molecule has 3 rings (SSSR count). The van der Waals surface area contributed by atoms with Crippen LogP contribution in [0.4, 0.5) is 5.82 Å². The first-order chi connectivity index (χ1) is 17.5. The lowest BCUT2D eigenvalue weighted by molar-refractivity contribution is -0.0804. The number of aromatic nitrogens is 4. The van der Waals surface area contributed by atoms with Gasteiger partial charge < -0.3 is 40.3 Å². The average Bonchev–Trinajstić information content (AvgIpc) is 3.31. The van der Waals surface area contributed by atoms with E-state index in [-0.39, 0.29) is 23.4 Å². The van der Waals surface area contributed by atoms with Gasteiger partial charge in [0.15, 0.2) is 17.7 Å². The first kappa shape index (κ1) is 30.9. The van der Waals surface area contributed by atoms with Crippen molar-refractivity contribution in [3.8, 4) is 0 Å². The molecule has 0 amide bonds. The van der Waals surface area contributed by atoms with Gasteiger partial charge in [-0.05, 0) is 19.8 Å². The molecular weight excluding hydrogens is 575 g/mol. The van der Waals surface area contributed by atoms with Gasteiger partial charge in [0.05, 0.1) is 6.33 Å². The molecule has 3 unspecified atom stereocenters. The Balaban J connectivity index is 1.91. The Bertz CT molecular complexity index is 1320. The standard InChI is InChI=1S/C17H28N5O13P3/c1-3-4-5-9(2)6-10(33-37(28,29)35-38(30,31)34-36(25,26)27)14-12(23)13(24)17(32-14)22-8-21-11-15(18)19-7-20-16(11)22/h5,7-8,10,12-14,17,23-24H,3-4,6H2,1-2H3,(H,28,29)(H,30,31)(H2,18,19,20)(H2,25,26,27)/t10?,12-,13+,14+,17+/m0/s1. The quantitative estimate of drug-likeness (QED) is 0.131. The normalized spacial score (nSPS) is 26.8. The lowest BCUT2D eigenvalue weighted by atomic mass is 9.99. The third kappa shape index (κ3) is 7.73. The molecule has 2 aromatic heterocycles. The Labute approximate surface area is 215 Å². The zero-order valence-corrected chi connectivity index (χ0v) is 22.7. The van der Waals surface area contributed by atoms with Crippen molar-refractivity contribution in [2.24, 2.45) is 0 Å². The van der Waals surface area contributed by atoms with E-state index in [9.17, 15) is 33.7 Å². The summed E-state index contributed by atoms with van der Waals surface area (Å²) < 4.78 is 54.9. The van der Waals surface area contributed by atoms with E-state index in [1.165, 1.54) is 10.9 Å². The Morgan fingerprint density at radius 1 is 1.13 bits per heavy atom. The molecule has 0 aliphatic carbocycles. The fraction of sp³-hybridized carbons (Fsp3) is 0.588.